The Labute approximate surface area is 341 Å². The van der Waals surface area contributed by atoms with Crippen LogP contribution in [0.25, 0.3) is 0 Å². The number of rotatable bonds is 38. The van der Waals surface area contributed by atoms with E-state index in [1.165, 1.54) is 0 Å². The molecule has 2 heterocycles. The summed E-state index contributed by atoms with van der Waals surface area (Å²) in [6.45, 7) is 8.03. The number of nitrogens with two attached hydrogens (primary N) is 1. The number of aliphatic hydroxyl groups excluding tert-OH is 4. The lowest BCUT2D eigenvalue weighted by atomic mass is 10.0. The highest BCUT2D eigenvalue weighted by Gasteiger charge is 2.32. The summed E-state index contributed by atoms with van der Waals surface area (Å²) in [4.78, 5) is 24.0. The number of nitrogens with one attached hydrogen (secondary N) is 2. The van der Waals surface area contributed by atoms with Gasteiger partial charge in [0.25, 0.3) is 0 Å². The molecule has 0 aromatic heterocycles. The highest BCUT2D eigenvalue weighted by Crippen LogP contribution is 2.16. The number of aliphatic hydroxyl groups is 4. The van der Waals surface area contributed by atoms with Gasteiger partial charge < -0.3 is 93.6 Å². The van der Waals surface area contributed by atoms with Gasteiger partial charge in [0.05, 0.1) is 150 Å². The van der Waals surface area contributed by atoms with Crippen LogP contribution in [-0.2, 0) is 66.4 Å². The van der Waals surface area contributed by atoms with Gasteiger partial charge >= 0.3 is 0 Å². The van der Waals surface area contributed by atoms with E-state index < -0.39 is 42.7 Å². The number of hydrogen-bond acceptors (Lipinski definition) is 19. The van der Waals surface area contributed by atoms with Gasteiger partial charge in [-0.25, -0.2) is 0 Å². The molecule has 2 aliphatic heterocycles. The number of amides is 2. The van der Waals surface area contributed by atoms with Crippen molar-refractivity contribution in [1.29, 1.82) is 0 Å². The Morgan fingerprint density at radius 3 is 1.19 bits per heavy atom. The summed E-state index contributed by atoms with van der Waals surface area (Å²) in [6.07, 6.45) is -3.29. The summed E-state index contributed by atoms with van der Waals surface area (Å²) < 4.78 is 65.2. The molecule has 0 aromatic rings. The molecule has 0 aromatic carbocycles. The third-order valence-corrected chi connectivity index (χ3v) is 8.59. The van der Waals surface area contributed by atoms with Crippen LogP contribution in [0.1, 0.15) is 25.7 Å². The fourth-order valence-electron chi connectivity index (χ4n) is 5.28. The van der Waals surface area contributed by atoms with Crippen molar-refractivity contribution in [3.8, 4) is 0 Å². The lowest BCUT2D eigenvalue weighted by Gasteiger charge is -2.31. The van der Waals surface area contributed by atoms with Gasteiger partial charge in [-0.05, 0) is 12.8 Å². The van der Waals surface area contributed by atoms with E-state index in [9.17, 15) is 30.0 Å². The monoisotopic (exact) mass is 845 g/mol. The van der Waals surface area contributed by atoms with Crippen LogP contribution in [-0.4, -0.2) is 233 Å². The molecule has 21 heteroatoms. The second-order valence-corrected chi connectivity index (χ2v) is 13.4. The molecule has 0 unspecified atom stereocenters. The van der Waals surface area contributed by atoms with Crippen molar-refractivity contribution in [2.75, 3.05) is 158 Å². The number of carbonyl (C=O) groups excluding carboxylic acids is 2. The van der Waals surface area contributed by atoms with E-state index in [2.05, 4.69) is 10.6 Å². The summed E-state index contributed by atoms with van der Waals surface area (Å²) in [6, 6.07) is -0.392. The van der Waals surface area contributed by atoms with E-state index in [1.54, 1.807) is 0 Å². The zero-order valence-electron chi connectivity index (χ0n) is 33.9. The summed E-state index contributed by atoms with van der Waals surface area (Å²) in [7, 11) is 0. The maximum Gasteiger partial charge on any atom is 0.222 e. The zero-order chi connectivity index (χ0) is 41.9. The molecular formula is C37H71N3O18. The average Bonchev–Trinajstić information content (AvgIpc) is 3.21. The Morgan fingerprint density at radius 2 is 0.828 bits per heavy atom. The molecule has 2 aliphatic rings. The van der Waals surface area contributed by atoms with Crippen LogP contribution in [0.2, 0.25) is 0 Å². The lowest BCUT2D eigenvalue weighted by molar-refractivity contribution is -0.156. The van der Waals surface area contributed by atoms with Crippen LogP contribution in [0.15, 0.2) is 0 Å². The van der Waals surface area contributed by atoms with Crippen LogP contribution in [0.3, 0.4) is 0 Å². The van der Waals surface area contributed by atoms with Gasteiger partial charge in [0.2, 0.25) is 11.8 Å². The first-order valence-corrected chi connectivity index (χ1v) is 20.3. The maximum atomic E-state index is 12.0. The first-order chi connectivity index (χ1) is 28.3. The minimum Gasteiger partial charge on any atom is -0.390 e. The molecule has 0 saturated carbocycles. The van der Waals surface area contributed by atoms with E-state index in [1.807, 2.05) is 0 Å². The average molecular weight is 846 g/mol. The molecule has 21 nitrogen and oxygen atoms in total. The molecule has 2 fully saturated rings. The second kappa shape index (κ2) is 36.0. The predicted molar refractivity (Wildman–Crippen MR) is 204 cm³/mol. The first-order valence-electron chi connectivity index (χ1n) is 20.3. The highest BCUT2D eigenvalue weighted by molar-refractivity contribution is 5.76. The van der Waals surface area contributed by atoms with Crippen molar-refractivity contribution in [1.82, 2.24) is 10.6 Å². The minimum absolute atomic E-state index is 0.163. The van der Waals surface area contributed by atoms with Crippen molar-refractivity contribution in [2.45, 2.75) is 68.3 Å². The van der Waals surface area contributed by atoms with Crippen molar-refractivity contribution in [3.63, 3.8) is 0 Å². The quantitative estimate of drug-likeness (QED) is 0.0297. The fraction of sp³-hybridized carbons (Fsp3) is 0.946. The van der Waals surface area contributed by atoms with Gasteiger partial charge in [-0.2, -0.15) is 0 Å². The Bertz CT molecular complexity index is 920. The van der Waals surface area contributed by atoms with Gasteiger partial charge in [-0.15, -0.1) is 0 Å². The molecule has 0 aliphatic carbocycles. The van der Waals surface area contributed by atoms with Crippen molar-refractivity contribution in [2.24, 2.45) is 5.73 Å². The Balaban J connectivity index is 1.22. The molecule has 58 heavy (non-hydrogen) atoms. The fourth-order valence-corrected chi connectivity index (χ4v) is 5.28. The Hall–Kier alpha value is -1.74. The SMILES string of the molecule is NC(COCCC(=O)NCCOCCOCCOCCOC[C@H]1OCC[C@@H](O)[C@H]1O)COCCC(=O)NCCOCCOCCOCCOC[C@H]1OCC[C@@H](O)[C@H]1O. The van der Waals surface area contributed by atoms with E-state index in [-0.39, 0.29) is 64.3 Å². The van der Waals surface area contributed by atoms with Crippen LogP contribution >= 0.6 is 0 Å². The van der Waals surface area contributed by atoms with Crippen LogP contribution < -0.4 is 16.4 Å². The second-order valence-electron chi connectivity index (χ2n) is 13.4. The van der Waals surface area contributed by atoms with Crippen molar-refractivity contribution in [3.05, 3.63) is 0 Å². The number of carbonyl (C=O) groups is 2. The highest BCUT2D eigenvalue weighted by atomic mass is 16.6. The predicted octanol–water partition coefficient (Wildman–Crippen LogP) is -3.49. The molecule has 2 amide bonds. The van der Waals surface area contributed by atoms with E-state index in [0.717, 1.165) is 0 Å². The lowest BCUT2D eigenvalue weighted by Crippen LogP contribution is -2.46. The zero-order valence-corrected chi connectivity index (χ0v) is 33.9. The van der Waals surface area contributed by atoms with Gasteiger partial charge in [0.15, 0.2) is 0 Å². The summed E-state index contributed by atoms with van der Waals surface area (Å²) in [5.41, 5.74) is 5.99. The van der Waals surface area contributed by atoms with E-state index in [0.29, 0.717) is 132 Å². The molecule has 342 valence electrons. The first kappa shape index (κ1) is 52.4. The molecular weight excluding hydrogens is 774 g/mol. The summed E-state index contributed by atoms with van der Waals surface area (Å²) in [5.74, 6) is -0.327. The van der Waals surface area contributed by atoms with Gasteiger partial charge in [-0.1, -0.05) is 0 Å². The third kappa shape index (κ3) is 27.9. The molecule has 8 N–H and O–H groups in total. The molecule has 0 radical (unpaired) electrons. The normalized spacial score (nSPS) is 22.4. The van der Waals surface area contributed by atoms with Gasteiger partial charge in [0.1, 0.15) is 24.4 Å². The van der Waals surface area contributed by atoms with Gasteiger partial charge in [0, 0.05) is 39.1 Å². The Morgan fingerprint density at radius 1 is 0.500 bits per heavy atom. The third-order valence-electron chi connectivity index (χ3n) is 8.59. The molecule has 0 bridgehead atoms. The smallest absolute Gasteiger partial charge is 0.222 e. The van der Waals surface area contributed by atoms with E-state index in [4.69, 9.17) is 62.6 Å². The molecule has 6 atom stereocenters. The van der Waals surface area contributed by atoms with Crippen molar-refractivity contribution < 1.29 is 86.9 Å². The molecule has 2 saturated heterocycles. The van der Waals surface area contributed by atoms with Crippen LogP contribution in [0.5, 0.6) is 0 Å². The van der Waals surface area contributed by atoms with Crippen molar-refractivity contribution >= 4 is 11.8 Å². The summed E-state index contributed by atoms with van der Waals surface area (Å²) >= 11 is 0. The minimum atomic E-state index is -0.937. The number of ether oxygens (including phenoxy) is 12. The Kier molecular flexibility index (Phi) is 32.5. The maximum absolute atomic E-state index is 12.0. The van der Waals surface area contributed by atoms with Gasteiger partial charge in [-0.3, -0.25) is 9.59 Å². The standard InChI is InChI=1S/C37H71N3O18/c38-29(25-53-7-3-34(43)39-5-11-47-13-15-49-17-19-51-21-23-55-27-32-36(45)30(41)1-9-57-32)26-54-8-4-35(44)40-6-12-48-14-16-50-18-20-52-22-24-56-28-33-37(46)31(42)2-10-58-33/h29-33,36-37,41-42,45-46H,1-28,38H2,(H,39,43)(H,40,44)/t30-,31-,32-,33-,36-,37-/m1/s1. The topological polar surface area (TPSA) is 276 Å². The number of hydrogen-bond donors (Lipinski definition) is 7. The molecule has 2 rings (SSSR count). The van der Waals surface area contributed by atoms with Crippen LogP contribution in [0, 0.1) is 0 Å². The van der Waals surface area contributed by atoms with E-state index >= 15 is 0 Å². The summed E-state index contributed by atoms with van der Waals surface area (Å²) in [5, 5.41) is 44.5. The van der Waals surface area contributed by atoms with Crippen LogP contribution in [0.4, 0.5) is 0 Å². The largest absolute Gasteiger partial charge is 0.390 e. The molecule has 0 spiro atoms.